The first-order valence-corrected chi connectivity index (χ1v) is 16.3. The second-order valence-electron chi connectivity index (χ2n) is 12.2. The number of aromatic nitrogens is 2. The lowest BCUT2D eigenvalue weighted by Crippen LogP contribution is -2.53. The second kappa shape index (κ2) is 12.1. The van der Waals surface area contributed by atoms with E-state index in [2.05, 4.69) is 34.3 Å². The van der Waals surface area contributed by atoms with Crippen LogP contribution < -0.4 is 5.32 Å². The van der Waals surface area contributed by atoms with E-state index in [-0.39, 0.29) is 22.9 Å². The van der Waals surface area contributed by atoms with Crippen LogP contribution in [-0.4, -0.2) is 53.0 Å². The molecule has 242 valence electrons. The number of ether oxygens (including phenoxy) is 2. The topological polar surface area (TPSA) is 96.5 Å². The molecule has 1 fully saturated rings. The SMILES string of the molecule is CCOC1=CC(CN2[C@@H](C)[C@@H](c3nc4ccc(C(=O)OC)cc4[nH]3)[C@H](c3cccc(Cl)c3F)[C@]23C(=O)Nc2cc(Cl)ccc23)CC=C1. The van der Waals surface area contributed by atoms with Crippen LogP contribution in [0.1, 0.15) is 59.4 Å². The van der Waals surface area contributed by atoms with Crippen molar-refractivity contribution in [2.24, 2.45) is 5.92 Å². The molecule has 1 spiro atoms. The van der Waals surface area contributed by atoms with Gasteiger partial charge in [-0.1, -0.05) is 47.5 Å². The number of hydrogen-bond donors (Lipinski definition) is 2. The zero-order valence-corrected chi connectivity index (χ0v) is 27.5. The van der Waals surface area contributed by atoms with Gasteiger partial charge < -0.3 is 19.8 Å². The average molecular weight is 676 g/mol. The molecule has 3 aliphatic rings. The van der Waals surface area contributed by atoms with Crippen LogP contribution in [0, 0.1) is 11.7 Å². The maximum atomic E-state index is 16.4. The van der Waals surface area contributed by atoms with E-state index in [1.54, 1.807) is 42.5 Å². The van der Waals surface area contributed by atoms with Gasteiger partial charge in [-0.3, -0.25) is 9.69 Å². The van der Waals surface area contributed by atoms with Gasteiger partial charge in [-0.15, -0.1) is 0 Å². The van der Waals surface area contributed by atoms with E-state index in [4.69, 9.17) is 37.7 Å². The molecule has 1 aromatic heterocycles. The van der Waals surface area contributed by atoms with Crippen LogP contribution in [0.25, 0.3) is 11.0 Å². The number of carbonyl (C=O) groups excluding carboxylic acids is 2. The molecule has 8 nitrogen and oxygen atoms in total. The number of methoxy groups -OCH3 is 1. The highest BCUT2D eigenvalue weighted by Gasteiger charge is 2.67. The predicted molar refractivity (Wildman–Crippen MR) is 179 cm³/mol. The Morgan fingerprint density at radius 3 is 2.79 bits per heavy atom. The Morgan fingerprint density at radius 1 is 1.17 bits per heavy atom. The van der Waals surface area contributed by atoms with Crippen LogP contribution >= 0.6 is 23.2 Å². The van der Waals surface area contributed by atoms with Crippen LogP contribution in [-0.2, 0) is 19.8 Å². The van der Waals surface area contributed by atoms with E-state index in [9.17, 15) is 9.59 Å². The van der Waals surface area contributed by atoms with Crippen molar-refractivity contribution in [3.8, 4) is 0 Å². The van der Waals surface area contributed by atoms with Gasteiger partial charge in [0.1, 0.15) is 22.9 Å². The average Bonchev–Trinajstić information content (AvgIpc) is 3.68. The monoisotopic (exact) mass is 674 g/mol. The Hall–Kier alpha value is -4.18. The molecule has 0 saturated carbocycles. The van der Waals surface area contributed by atoms with Crippen molar-refractivity contribution in [3.63, 3.8) is 0 Å². The van der Waals surface area contributed by atoms with Crippen LogP contribution in [0.2, 0.25) is 10.0 Å². The molecule has 1 amide bonds. The second-order valence-corrected chi connectivity index (χ2v) is 13.0. The number of benzene rings is 3. The molecule has 2 aliphatic heterocycles. The molecule has 0 bridgehead atoms. The number of halogens is 3. The Morgan fingerprint density at radius 2 is 2.00 bits per heavy atom. The third kappa shape index (κ3) is 5.03. The summed E-state index contributed by atoms with van der Waals surface area (Å²) in [4.78, 5) is 37.7. The molecule has 3 heterocycles. The van der Waals surface area contributed by atoms with Crippen LogP contribution in [0.5, 0.6) is 0 Å². The summed E-state index contributed by atoms with van der Waals surface area (Å²) in [7, 11) is 1.33. The number of hydrogen-bond acceptors (Lipinski definition) is 6. The quantitative estimate of drug-likeness (QED) is 0.195. The van der Waals surface area contributed by atoms with Crippen molar-refractivity contribution >= 4 is 51.8 Å². The summed E-state index contributed by atoms with van der Waals surface area (Å²) in [6, 6.07) is 15.0. The molecule has 2 N–H and O–H groups in total. The fourth-order valence-corrected chi connectivity index (χ4v) is 8.14. The van der Waals surface area contributed by atoms with Gasteiger partial charge in [-0.05, 0) is 80.3 Å². The highest BCUT2D eigenvalue weighted by Crippen LogP contribution is 2.62. The van der Waals surface area contributed by atoms with E-state index in [1.807, 2.05) is 19.1 Å². The van der Waals surface area contributed by atoms with E-state index in [1.165, 1.54) is 13.2 Å². The smallest absolute Gasteiger partial charge is 0.337 e. The minimum absolute atomic E-state index is 0.00641. The molecule has 0 radical (unpaired) electrons. The zero-order valence-electron chi connectivity index (χ0n) is 26.0. The van der Waals surface area contributed by atoms with E-state index in [0.29, 0.717) is 57.4 Å². The summed E-state index contributed by atoms with van der Waals surface area (Å²) in [6.07, 6.45) is 6.88. The third-order valence-electron chi connectivity index (χ3n) is 9.68. The normalized spacial score (nSPS) is 25.2. The Bertz CT molecular complexity index is 1980. The van der Waals surface area contributed by atoms with Gasteiger partial charge in [-0.25, -0.2) is 14.2 Å². The van der Waals surface area contributed by atoms with Crippen LogP contribution in [0.4, 0.5) is 10.1 Å². The molecule has 5 atom stereocenters. The molecule has 4 aromatic rings. The van der Waals surface area contributed by atoms with Crippen LogP contribution in [0.3, 0.4) is 0 Å². The predicted octanol–water partition coefficient (Wildman–Crippen LogP) is 7.71. The number of allylic oxidation sites excluding steroid dienone is 2. The molecule has 1 aliphatic carbocycles. The number of rotatable bonds is 7. The van der Waals surface area contributed by atoms with Gasteiger partial charge >= 0.3 is 5.97 Å². The fraction of sp³-hybridized carbons (Fsp3) is 0.306. The molecule has 3 aromatic carbocycles. The number of anilines is 1. The number of fused-ring (bicyclic) bond motifs is 3. The van der Waals surface area contributed by atoms with Crippen molar-refractivity contribution < 1.29 is 23.5 Å². The molecular formula is C36H33Cl2FN4O4. The summed E-state index contributed by atoms with van der Waals surface area (Å²) in [5, 5.41) is 3.53. The lowest BCUT2D eigenvalue weighted by Gasteiger charge is -2.40. The van der Waals surface area contributed by atoms with Gasteiger partial charge in [0.25, 0.3) is 0 Å². The van der Waals surface area contributed by atoms with Gasteiger partial charge in [0.2, 0.25) is 5.91 Å². The van der Waals surface area contributed by atoms with Crippen molar-refractivity contribution in [2.75, 3.05) is 25.6 Å². The lowest BCUT2D eigenvalue weighted by molar-refractivity contribution is -0.128. The highest BCUT2D eigenvalue weighted by atomic mass is 35.5. The fourth-order valence-electron chi connectivity index (χ4n) is 7.78. The standard InChI is InChI=1S/C36H33Cl2FN4O4/c1-4-47-23-8-5-7-20(15-23)18-43-19(2)30(33-40-27-14-11-21(34(44)46-3)16-29(27)41-33)31(24-9-6-10-26(38)32(24)39)36(43)25-13-12-22(37)17-28(25)42-35(36)45/h5-6,8-17,19-20,30-31H,4,7,18H2,1-3H3,(H,40,41)(H,42,45)/t19-,20?,30+,31-,36+/m0/s1. The minimum Gasteiger partial charge on any atom is -0.494 e. The summed E-state index contributed by atoms with van der Waals surface area (Å²) >= 11 is 12.9. The molecule has 47 heavy (non-hydrogen) atoms. The molecule has 1 unspecified atom stereocenters. The Labute approximate surface area is 281 Å². The largest absolute Gasteiger partial charge is 0.494 e. The van der Waals surface area contributed by atoms with Gasteiger partial charge in [0.05, 0.1) is 35.3 Å². The summed E-state index contributed by atoms with van der Waals surface area (Å²) in [5.41, 5.74) is 1.85. The number of amides is 1. The lowest BCUT2D eigenvalue weighted by atomic mass is 9.71. The van der Waals surface area contributed by atoms with Crippen molar-refractivity contribution in [1.82, 2.24) is 14.9 Å². The van der Waals surface area contributed by atoms with E-state index in [0.717, 1.165) is 12.2 Å². The Kier molecular flexibility index (Phi) is 8.10. The minimum atomic E-state index is -1.35. The first-order valence-electron chi connectivity index (χ1n) is 15.6. The van der Waals surface area contributed by atoms with Gasteiger partial charge in [0, 0.05) is 40.7 Å². The summed E-state index contributed by atoms with van der Waals surface area (Å²) in [6.45, 7) is 5.00. The molecular weight excluding hydrogens is 642 g/mol. The third-order valence-corrected chi connectivity index (χ3v) is 10.2. The number of aromatic amines is 1. The zero-order chi connectivity index (χ0) is 33.0. The number of nitrogens with one attached hydrogen (secondary N) is 2. The van der Waals surface area contributed by atoms with E-state index < -0.39 is 29.2 Å². The van der Waals surface area contributed by atoms with Crippen molar-refractivity contribution in [3.05, 3.63) is 117 Å². The number of likely N-dealkylation sites (tertiary alicyclic amines) is 1. The Balaban J connectivity index is 1.47. The molecule has 11 heteroatoms. The first-order chi connectivity index (χ1) is 22.7. The summed E-state index contributed by atoms with van der Waals surface area (Å²) in [5.74, 6) is -1.28. The number of nitrogens with zero attached hydrogens (tertiary/aromatic N) is 2. The van der Waals surface area contributed by atoms with E-state index >= 15 is 4.39 Å². The maximum Gasteiger partial charge on any atom is 0.337 e. The number of esters is 1. The molecule has 7 rings (SSSR count). The number of imidazole rings is 1. The van der Waals surface area contributed by atoms with Crippen molar-refractivity contribution in [2.45, 2.75) is 43.7 Å². The number of H-pyrrole nitrogens is 1. The number of carbonyl (C=O) groups is 2. The molecule has 1 saturated heterocycles. The maximum absolute atomic E-state index is 16.4. The van der Waals surface area contributed by atoms with Crippen molar-refractivity contribution in [1.29, 1.82) is 0 Å². The highest BCUT2D eigenvalue weighted by molar-refractivity contribution is 6.31. The van der Waals surface area contributed by atoms with Crippen LogP contribution in [0.15, 0.2) is 78.6 Å². The van der Waals surface area contributed by atoms with Gasteiger partial charge in [0.15, 0.2) is 0 Å². The summed E-state index contributed by atoms with van der Waals surface area (Å²) < 4.78 is 27.1. The first kappa shape index (κ1) is 31.4. The van der Waals surface area contributed by atoms with Gasteiger partial charge in [-0.2, -0.15) is 0 Å².